The van der Waals surface area contributed by atoms with Crippen LogP contribution in [-0.2, 0) is 11.3 Å². The predicted octanol–water partition coefficient (Wildman–Crippen LogP) is 5.04. The van der Waals surface area contributed by atoms with Crippen molar-refractivity contribution in [1.82, 2.24) is 4.98 Å². The number of nitrogens with zero attached hydrogens (tertiary/aromatic N) is 1. The number of benzene rings is 2. The van der Waals surface area contributed by atoms with Crippen LogP contribution in [0.2, 0.25) is 0 Å². The van der Waals surface area contributed by atoms with E-state index in [1.807, 2.05) is 18.2 Å². The van der Waals surface area contributed by atoms with Crippen LogP contribution in [0.1, 0.15) is 16.2 Å². The van der Waals surface area contributed by atoms with Gasteiger partial charge in [0.1, 0.15) is 22.9 Å². The van der Waals surface area contributed by atoms with E-state index in [-0.39, 0.29) is 17.8 Å². The molecule has 0 N–H and O–H groups in total. The van der Waals surface area contributed by atoms with E-state index in [2.05, 4.69) is 20.9 Å². The molecular formula is C21H14BrNO5S. The Bertz CT molecular complexity index is 1260. The molecule has 0 unspecified atom stereocenters. The average Bonchev–Trinajstić information content (AvgIpc) is 3.21. The van der Waals surface area contributed by atoms with Crippen LogP contribution in [0.25, 0.3) is 21.5 Å². The minimum absolute atomic E-state index is 0.0395. The van der Waals surface area contributed by atoms with Crippen molar-refractivity contribution >= 4 is 44.2 Å². The highest BCUT2D eigenvalue weighted by Crippen LogP contribution is 2.34. The van der Waals surface area contributed by atoms with Gasteiger partial charge in [-0.15, -0.1) is 11.3 Å². The highest BCUT2D eigenvalue weighted by atomic mass is 79.9. The smallest absolute Gasteiger partial charge is 0.374 e. The Morgan fingerprint density at radius 1 is 1.21 bits per heavy atom. The third kappa shape index (κ3) is 4.08. The van der Waals surface area contributed by atoms with Crippen molar-refractivity contribution in [1.29, 1.82) is 0 Å². The fourth-order valence-electron chi connectivity index (χ4n) is 2.76. The van der Waals surface area contributed by atoms with Crippen molar-refractivity contribution in [2.24, 2.45) is 0 Å². The fourth-order valence-corrected chi connectivity index (χ4v) is 3.95. The number of para-hydroxylation sites is 1. The van der Waals surface area contributed by atoms with Gasteiger partial charge in [-0.1, -0.05) is 28.1 Å². The van der Waals surface area contributed by atoms with Crippen LogP contribution < -0.4 is 10.2 Å². The lowest BCUT2D eigenvalue weighted by Gasteiger charge is -2.06. The second-order valence-electron chi connectivity index (χ2n) is 6.04. The summed E-state index contributed by atoms with van der Waals surface area (Å²) >= 11 is 4.86. The molecule has 4 rings (SSSR count). The second kappa shape index (κ2) is 8.18. The highest BCUT2D eigenvalue weighted by Gasteiger charge is 2.16. The Morgan fingerprint density at radius 2 is 2.03 bits per heavy atom. The van der Waals surface area contributed by atoms with E-state index in [9.17, 15) is 9.59 Å². The van der Waals surface area contributed by atoms with Gasteiger partial charge in [0.05, 0.1) is 23.8 Å². The molecule has 2 aromatic carbocycles. The molecule has 0 saturated carbocycles. The number of ether oxygens (including phenoxy) is 2. The first-order chi connectivity index (χ1) is 14.0. The van der Waals surface area contributed by atoms with E-state index in [1.165, 1.54) is 11.3 Å². The molecule has 0 amide bonds. The minimum atomic E-state index is -0.720. The van der Waals surface area contributed by atoms with Crippen LogP contribution in [0.3, 0.4) is 0 Å². The molecule has 0 saturated heterocycles. The summed E-state index contributed by atoms with van der Waals surface area (Å²) in [6, 6.07) is 13.5. The van der Waals surface area contributed by atoms with Gasteiger partial charge < -0.3 is 13.9 Å². The number of aromatic nitrogens is 1. The first kappa shape index (κ1) is 19.4. The van der Waals surface area contributed by atoms with Crippen molar-refractivity contribution in [2.45, 2.75) is 6.61 Å². The monoisotopic (exact) mass is 471 g/mol. The normalized spacial score (nSPS) is 10.8. The number of rotatable bonds is 5. The van der Waals surface area contributed by atoms with Gasteiger partial charge in [-0.25, -0.2) is 9.78 Å². The van der Waals surface area contributed by atoms with Crippen LogP contribution in [0, 0.1) is 0 Å². The Kier molecular flexibility index (Phi) is 5.46. The lowest BCUT2D eigenvalue weighted by Crippen LogP contribution is -2.10. The molecule has 146 valence electrons. The van der Waals surface area contributed by atoms with Crippen molar-refractivity contribution < 1.29 is 18.7 Å². The Labute approximate surface area is 177 Å². The third-order valence-electron chi connectivity index (χ3n) is 4.13. The number of halogens is 1. The maximum Gasteiger partial charge on any atom is 0.374 e. The first-order valence-electron chi connectivity index (χ1n) is 8.53. The summed E-state index contributed by atoms with van der Waals surface area (Å²) in [5.41, 5.74) is 1.47. The molecule has 0 aliphatic rings. The van der Waals surface area contributed by atoms with E-state index in [0.29, 0.717) is 22.4 Å². The summed E-state index contributed by atoms with van der Waals surface area (Å²) in [5.74, 6) is -0.163. The molecule has 2 aromatic heterocycles. The van der Waals surface area contributed by atoms with E-state index in [4.69, 9.17) is 13.9 Å². The number of carbonyl (C=O) groups excluding carboxylic acids is 1. The Balaban J connectivity index is 1.51. The van der Waals surface area contributed by atoms with Crippen molar-refractivity contribution in [2.75, 3.05) is 7.11 Å². The summed E-state index contributed by atoms with van der Waals surface area (Å²) in [6.07, 6.45) is 0. The maximum atomic E-state index is 12.3. The largest absolute Gasteiger partial charge is 0.496 e. The van der Waals surface area contributed by atoms with Gasteiger partial charge in [-0.3, -0.25) is 4.79 Å². The predicted molar refractivity (Wildman–Crippen MR) is 113 cm³/mol. The zero-order valence-electron chi connectivity index (χ0n) is 15.2. The molecule has 8 heteroatoms. The van der Waals surface area contributed by atoms with E-state index in [1.54, 1.807) is 36.8 Å². The average molecular weight is 472 g/mol. The number of hydrogen-bond acceptors (Lipinski definition) is 7. The topological polar surface area (TPSA) is 78.6 Å². The van der Waals surface area contributed by atoms with Crippen LogP contribution in [0.15, 0.2) is 67.6 Å². The summed E-state index contributed by atoms with van der Waals surface area (Å²) in [5, 5.41) is 2.96. The van der Waals surface area contributed by atoms with Gasteiger partial charge in [0.15, 0.2) is 5.43 Å². The number of fused-ring (bicyclic) bond motifs is 1. The lowest BCUT2D eigenvalue weighted by atomic mass is 10.2. The summed E-state index contributed by atoms with van der Waals surface area (Å²) in [4.78, 5) is 29.0. The summed E-state index contributed by atoms with van der Waals surface area (Å²) < 4.78 is 17.1. The number of thiazole rings is 1. The van der Waals surface area contributed by atoms with Gasteiger partial charge in [-0.2, -0.15) is 0 Å². The minimum Gasteiger partial charge on any atom is -0.496 e. The Hall–Kier alpha value is -2.97. The molecule has 0 bridgehead atoms. The standard InChI is InChI=1S/C21H14BrNO5S/c1-26-17-7-6-12(22)8-15(17)20-23-13(11-29-20)10-27-21(25)19-9-16(24)14-4-2-3-5-18(14)28-19/h2-9,11H,10H2,1H3. The van der Waals surface area contributed by atoms with Crippen molar-refractivity contribution in [3.63, 3.8) is 0 Å². The summed E-state index contributed by atoms with van der Waals surface area (Å²) in [6.45, 7) is -0.0395. The number of esters is 1. The van der Waals surface area contributed by atoms with Crippen molar-refractivity contribution in [3.05, 3.63) is 80.1 Å². The molecule has 2 heterocycles. The molecule has 0 radical (unpaired) electrons. The number of carbonyl (C=O) groups is 1. The molecule has 0 fully saturated rings. The fraction of sp³-hybridized carbons (Fsp3) is 0.0952. The third-order valence-corrected chi connectivity index (χ3v) is 5.55. The van der Waals surface area contributed by atoms with Gasteiger partial charge in [0.25, 0.3) is 0 Å². The molecule has 29 heavy (non-hydrogen) atoms. The molecule has 0 spiro atoms. The molecule has 0 aliphatic heterocycles. The van der Waals surface area contributed by atoms with Crippen LogP contribution in [-0.4, -0.2) is 18.1 Å². The zero-order valence-corrected chi connectivity index (χ0v) is 17.6. The second-order valence-corrected chi connectivity index (χ2v) is 7.81. The van der Waals surface area contributed by atoms with Gasteiger partial charge >= 0.3 is 5.97 Å². The SMILES string of the molecule is COc1ccc(Br)cc1-c1nc(COC(=O)c2cc(=O)c3ccccc3o2)cs1. The number of hydrogen-bond donors (Lipinski definition) is 0. The number of methoxy groups -OCH3 is 1. The maximum absolute atomic E-state index is 12.3. The lowest BCUT2D eigenvalue weighted by molar-refractivity contribution is 0.0432. The van der Waals surface area contributed by atoms with E-state index < -0.39 is 5.97 Å². The summed E-state index contributed by atoms with van der Waals surface area (Å²) in [7, 11) is 1.60. The molecule has 4 aromatic rings. The van der Waals surface area contributed by atoms with Crippen molar-refractivity contribution in [3.8, 4) is 16.3 Å². The molecular weight excluding hydrogens is 458 g/mol. The first-order valence-corrected chi connectivity index (χ1v) is 10.2. The van der Waals surface area contributed by atoms with Crippen LogP contribution in [0.4, 0.5) is 0 Å². The molecule has 6 nitrogen and oxygen atoms in total. The van der Waals surface area contributed by atoms with Gasteiger partial charge in [0.2, 0.25) is 5.76 Å². The van der Waals surface area contributed by atoms with Crippen LogP contribution >= 0.6 is 27.3 Å². The van der Waals surface area contributed by atoms with E-state index in [0.717, 1.165) is 21.1 Å². The Morgan fingerprint density at radius 3 is 2.86 bits per heavy atom. The quantitative estimate of drug-likeness (QED) is 0.379. The molecule has 0 atom stereocenters. The van der Waals surface area contributed by atoms with E-state index >= 15 is 0 Å². The van der Waals surface area contributed by atoms with Gasteiger partial charge in [0, 0.05) is 15.9 Å². The molecule has 0 aliphatic carbocycles. The zero-order chi connectivity index (χ0) is 20.4. The highest BCUT2D eigenvalue weighted by molar-refractivity contribution is 9.10. The van der Waals surface area contributed by atoms with Gasteiger partial charge in [-0.05, 0) is 30.3 Å². The van der Waals surface area contributed by atoms with Crippen LogP contribution in [0.5, 0.6) is 5.75 Å².